The lowest BCUT2D eigenvalue weighted by molar-refractivity contribution is -0.0766. The van der Waals surface area contributed by atoms with Crippen LogP contribution in [0.5, 0.6) is 0 Å². The van der Waals surface area contributed by atoms with E-state index in [2.05, 4.69) is 6.07 Å². The predicted octanol–water partition coefficient (Wildman–Crippen LogP) is 5.38. The van der Waals surface area contributed by atoms with E-state index in [1.165, 1.54) is 44.9 Å². The molecule has 0 amide bonds. The van der Waals surface area contributed by atoms with Crippen LogP contribution < -0.4 is 0 Å². The second kappa shape index (κ2) is 6.71. The number of rotatable bonds is 3. The summed E-state index contributed by atoms with van der Waals surface area (Å²) in [6.07, 6.45) is 12.0. The first kappa shape index (κ1) is 15.4. The third-order valence-electron chi connectivity index (χ3n) is 5.74. The Hall–Kier alpha value is -0.530. The van der Waals surface area contributed by atoms with Gasteiger partial charge in [-0.05, 0) is 36.3 Å². The van der Waals surface area contributed by atoms with Crippen molar-refractivity contribution in [3.05, 3.63) is 34.9 Å². The number of aliphatic hydroxyl groups is 1. The highest BCUT2D eigenvalue weighted by Gasteiger charge is 2.43. The Bertz CT molecular complexity index is 466. The Morgan fingerprint density at radius 3 is 2.48 bits per heavy atom. The molecule has 1 aromatic carbocycles. The molecular weight excluding hydrogens is 280 g/mol. The summed E-state index contributed by atoms with van der Waals surface area (Å²) in [4.78, 5) is 0. The van der Waals surface area contributed by atoms with Gasteiger partial charge in [0.05, 0.1) is 5.60 Å². The molecule has 1 N–H and O–H groups in total. The third-order valence-corrected chi connectivity index (χ3v) is 6.11. The van der Waals surface area contributed by atoms with Gasteiger partial charge in [-0.1, -0.05) is 74.7 Å². The number of hydrogen-bond donors (Lipinski definition) is 1. The lowest BCUT2D eigenvalue weighted by atomic mass is 9.64. The molecule has 3 rings (SSSR count). The first-order valence-electron chi connectivity index (χ1n) is 8.65. The molecule has 2 aliphatic carbocycles. The number of halogens is 1. The van der Waals surface area contributed by atoms with Gasteiger partial charge in [0.2, 0.25) is 0 Å². The summed E-state index contributed by atoms with van der Waals surface area (Å²) in [5, 5.41) is 12.2. The minimum atomic E-state index is -0.536. The summed E-state index contributed by atoms with van der Waals surface area (Å²) >= 11 is 6.33. The molecule has 2 heteroatoms. The SMILES string of the molecule is OC1(Cc2ccccc2Cl)CCCCC1C1CCCCC1. The fourth-order valence-corrected chi connectivity index (χ4v) is 4.85. The molecule has 0 radical (unpaired) electrons. The zero-order valence-electron chi connectivity index (χ0n) is 12.9. The average Bonchev–Trinajstić information content (AvgIpc) is 2.51. The highest BCUT2D eigenvalue weighted by atomic mass is 35.5. The Kier molecular flexibility index (Phi) is 4.91. The Morgan fingerprint density at radius 1 is 1.00 bits per heavy atom. The van der Waals surface area contributed by atoms with E-state index in [-0.39, 0.29) is 0 Å². The summed E-state index contributed by atoms with van der Waals surface area (Å²) in [5.74, 6) is 1.20. The van der Waals surface area contributed by atoms with E-state index in [4.69, 9.17) is 11.6 Å². The third kappa shape index (κ3) is 3.46. The topological polar surface area (TPSA) is 20.2 Å². The maximum Gasteiger partial charge on any atom is 0.0719 e. The van der Waals surface area contributed by atoms with Crippen LogP contribution in [-0.4, -0.2) is 10.7 Å². The molecule has 2 fully saturated rings. The minimum Gasteiger partial charge on any atom is -0.389 e. The standard InChI is InChI=1S/C19H27ClO/c20-18-12-5-4-10-16(18)14-19(21)13-7-6-11-17(19)15-8-2-1-3-9-15/h4-5,10,12,15,17,21H,1-3,6-9,11,13-14H2. The van der Waals surface area contributed by atoms with Gasteiger partial charge >= 0.3 is 0 Å². The lowest BCUT2D eigenvalue weighted by Crippen LogP contribution is -2.46. The van der Waals surface area contributed by atoms with Crippen LogP contribution in [0, 0.1) is 11.8 Å². The normalized spacial score (nSPS) is 31.2. The van der Waals surface area contributed by atoms with Crippen molar-refractivity contribution in [2.24, 2.45) is 11.8 Å². The van der Waals surface area contributed by atoms with Crippen LogP contribution in [0.3, 0.4) is 0 Å². The molecule has 0 bridgehead atoms. The number of benzene rings is 1. The first-order chi connectivity index (χ1) is 10.2. The van der Waals surface area contributed by atoms with Crippen LogP contribution in [-0.2, 0) is 6.42 Å². The molecule has 1 aromatic rings. The monoisotopic (exact) mass is 306 g/mol. The molecule has 0 aliphatic heterocycles. The van der Waals surface area contributed by atoms with Gasteiger partial charge in [-0.15, -0.1) is 0 Å². The highest BCUT2D eigenvalue weighted by molar-refractivity contribution is 6.31. The van der Waals surface area contributed by atoms with E-state index < -0.39 is 5.60 Å². The summed E-state index contributed by atoms with van der Waals surface area (Å²) in [6.45, 7) is 0. The smallest absolute Gasteiger partial charge is 0.0719 e. The van der Waals surface area contributed by atoms with Gasteiger partial charge in [0.15, 0.2) is 0 Å². The fourth-order valence-electron chi connectivity index (χ4n) is 4.65. The fraction of sp³-hybridized carbons (Fsp3) is 0.684. The average molecular weight is 307 g/mol. The summed E-state index contributed by atoms with van der Waals surface area (Å²) in [5.41, 5.74) is 0.579. The van der Waals surface area contributed by atoms with Crippen molar-refractivity contribution in [3.63, 3.8) is 0 Å². The Labute approximate surface area is 133 Å². The summed E-state index contributed by atoms with van der Waals surface area (Å²) < 4.78 is 0. The predicted molar refractivity (Wildman–Crippen MR) is 88.6 cm³/mol. The first-order valence-corrected chi connectivity index (χ1v) is 9.03. The van der Waals surface area contributed by atoms with E-state index in [1.807, 2.05) is 18.2 Å². The number of hydrogen-bond acceptors (Lipinski definition) is 1. The Morgan fingerprint density at radius 2 is 1.71 bits per heavy atom. The molecule has 0 aromatic heterocycles. The van der Waals surface area contributed by atoms with Crippen LogP contribution in [0.1, 0.15) is 63.4 Å². The van der Waals surface area contributed by atoms with E-state index in [9.17, 15) is 5.11 Å². The van der Waals surface area contributed by atoms with Crippen LogP contribution in [0.2, 0.25) is 5.02 Å². The second-order valence-electron chi connectivity index (χ2n) is 7.12. The van der Waals surface area contributed by atoms with Crippen LogP contribution in [0.4, 0.5) is 0 Å². The van der Waals surface area contributed by atoms with Gasteiger partial charge in [0, 0.05) is 11.4 Å². The van der Waals surface area contributed by atoms with Gasteiger partial charge in [-0.3, -0.25) is 0 Å². The van der Waals surface area contributed by atoms with E-state index in [0.29, 0.717) is 5.92 Å². The zero-order valence-corrected chi connectivity index (χ0v) is 13.6. The van der Waals surface area contributed by atoms with Gasteiger partial charge in [-0.25, -0.2) is 0 Å². The molecule has 2 saturated carbocycles. The zero-order chi connectivity index (χ0) is 14.7. The van der Waals surface area contributed by atoms with Crippen molar-refractivity contribution in [2.45, 2.75) is 69.8 Å². The van der Waals surface area contributed by atoms with Crippen molar-refractivity contribution < 1.29 is 5.11 Å². The molecule has 1 nitrogen and oxygen atoms in total. The Balaban J connectivity index is 1.79. The van der Waals surface area contributed by atoms with Gasteiger partial charge in [0.1, 0.15) is 0 Å². The minimum absolute atomic E-state index is 0.475. The molecule has 2 unspecified atom stereocenters. The van der Waals surface area contributed by atoms with Gasteiger partial charge < -0.3 is 5.11 Å². The van der Waals surface area contributed by atoms with Crippen molar-refractivity contribution in [3.8, 4) is 0 Å². The van der Waals surface area contributed by atoms with Crippen molar-refractivity contribution >= 4 is 11.6 Å². The van der Waals surface area contributed by atoms with E-state index >= 15 is 0 Å². The van der Waals surface area contributed by atoms with Crippen molar-refractivity contribution in [1.29, 1.82) is 0 Å². The summed E-state index contributed by atoms with van der Waals surface area (Å²) in [6, 6.07) is 8.02. The largest absolute Gasteiger partial charge is 0.389 e. The van der Waals surface area contributed by atoms with E-state index in [1.54, 1.807) is 0 Å². The molecule has 21 heavy (non-hydrogen) atoms. The van der Waals surface area contributed by atoms with Gasteiger partial charge in [-0.2, -0.15) is 0 Å². The van der Waals surface area contributed by atoms with Crippen molar-refractivity contribution in [2.75, 3.05) is 0 Å². The second-order valence-corrected chi connectivity index (χ2v) is 7.53. The maximum atomic E-state index is 11.4. The van der Waals surface area contributed by atoms with Crippen LogP contribution in [0.25, 0.3) is 0 Å². The van der Waals surface area contributed by atoms with Crippen LogP contribution >= 0.6 is 11.6 Å². The highest BCUT2D eigenvalue weighted by Crippen LogP contribution is 2.45. The molecule has 116 valence electrons. The molecule has 0 saturated heterocycles. The lowest BCUT2D eigenvalue weighted by Gasteiger charge is -2.45. The molecule has 0 spiro atoms. The molecular formula is C19H27ClO. The summed E-state index contributed by atoms with van der Waals surface area (Å²) in [7, 11) is 0. The molecule has 0 heterocycles. The molecule has 2 aliphatic rings. The van der Waals surface area contributed by atoms with Crippen LogP contribution in [0.15, 0.2) is 24.3 Å². The van der Waals surface area contributed by atoms with Gasteiger partial charge in [0.25, 0.3) is 0 Å². The maximum absolute atomic E-state index is 11.4. The molecule has 2 atom stereocenters. The van der Waals surface area contributed by atoms with Crippen molar-refractivity contribution in [1.82, 2.24) is 0 Å². The quantitative estimate of drug-likeness (QED) is 0.794. The van der Waals surface area contributed by atoms with E-state index in [0.717, 1.165) is 35.8 Å².